The molecule has 0 saturated carbocycles. The monoisotopic (exact) mass is 383 g/mol. The molecule has 4 heteroatoms. The third-order valence-electron chi connectivity index (χ3n) is 5.65. The van der Waals surface area contributed by atoms with Crippen LogP contribution in [0, 0.1) is 5.92 Å². The van der Waals surface area contributed by atoms with E-state index in [-0.39, 0.29) is 6.10 Å². The van der Waals surface area contributed by atoms with Crippen molar-refractivity contribution in [2.24, 2.45) is 5.92 Å². The van der Waals surface area contributed by atoms with Crippen LogP contribution in [0.25, 0.3) is 0 Å². The molecule has 0 aliphatic heterocycles. The summed E-state index contributed by atoms with van der Waals surface area (Å²) in [5.41, 5.74) is 0. The van der Waals surface area contributed by atoms with Gasteiger partial charge in [-0.2, -0.15) is 0 Å². The number of carbonyl (C=O) groups excluding carboxylic acids is 1. The van der Waals surface area contributed by atoms with Crippen molar-refractivity contribution in [3.05, 3.63) is 12.2 Å². The number of allylic oxidation sites excluding steroid dienone is 2. The van der Waals surface area contributed by atoms with Crippen LogP contribution in [0.1, 0.15) is 91.9 Å². The summed E-state index contributed by atoms with van der Waals surface area (Å²) in [6.45, 7) is 11.5. The molecule has 160 valence electrons. The zero-order chi connectivity index (χ0) is 20.5. The zero-order valence-electron chi connectivity index (χ0n) is 18.4. The van der Waals surface area contributed by atoms with E-state index in [0.717, 1.165) is 75.4 Å². The SMILES string of the molecule is C/C=C/CCCC(O)C[N+](CCCCC)(CCCCC)CC(CC)C(=O)[O-]. The van der Waals surface area contributed by atoms with Crippen molar-refractivity contribution < 1.29 is 19.5 Å². The van der Waals surface area contributed by atoms with Crippen LogP contribution < -0.4 is 5.11 Å². The summed E-state index contributed by atoms with van der Waals surface area (Å²) in [7, 11) is 0. The van der Waals surface area contributed by atoms with E-state index >= 15 is 0 Å². The smallest absolute Gasteiger partial charge is 0.105 e. The largest absolute Gasteiger partial charge is 0.550 e. The van der Waals surface area contributed by atoms with Crippen molar-refractivity contribution in [1.82, 2.24) is 0 Å². The highest BCUT2D eigenvalue weighted by Crippen LogP contribution is 2.21. The van der Waals surface area contributed by atoms with Crippen LogP contribution in [0.5, 0.6) is 0 Å². The normalized spacial score (nSPS) is 14.6. The van der Waals surface area contributed by atoms with Crippen molar-refractivity contribution in [1.29, 1.82) is 0 Å². The number of unbranched alkanes of at least 4 members (excludes halogenated alkanes) is 5. The second kappa shape index (κ2) is 16.1. The van der Waals surface area contributed by atoms with Crippen LogP contribution in [0.3, 0.4) is 0 Å². The molecule has 0 amide bonds. The maximum absolute atomic E-state index is 11.6. The van der Waals surface area contributed by atoms with E-state index in [4.69, 9.17) is 0 Å². The van der Waals surface area contributed by atoms with E-state index in [0.29, 0.717) is 19.5 Å². The number of hydrogen-bond donors (Lipinski definition) is 1. The first-order valence-corrected chi connectivity index (χ1v) is 11.3. The van der Waals surface area contributed by atoms with Gasteiger partial charge in [-0.1, -0.05) is 45.8 Å². The summed E-state index contributed by atoms with van der Waals surface area (Å²) < 4.78 is 0.733. The lowest BCUT2D eigenvalue weighted by molar-refractivity contribution is -0.933. The first kappa shape index (κ1) is 26.1. The van der Waals surface area contributed by atoms with Gasteiger partial charge in [-0.15, -0.1) is 0 Å². The third kappa shape index (κ3) is 12.2. The van der Waals surface area contributed by atoms with Crippen LogP contribution in [0.15, 0.2) is 12.2 Å². The molecule has 0 radical (unpaired) electrons. The van der Waals surface area contributed by atoms with Gasteiger partial charge >= 0.3 is 0 Å². The number of carboxylic acid groups (broad SMARTS) is 1. The van der Waals surface area contributed by atoms with Crippen LogP contribution in [-0.4, -0.2) is 47.8 Å². The highest BCUT2D eigenvalue weighted by Gasteiger charge is 2.32. The van der Waals surface area contributed by atoms with Gasteiger partial charge in [0.05, 0.1) is 25.6 Å². The lowest BCUT2D eigenvalue weighted by Crippen LogP contribution is -2.57. The lowest BCUT2D eigenvalue weighted by atomic mass is 10.0. The number of carbonyl (C=O) groups is 1. The molecule has 0 rings (SSSR count). The van der Waals surface area contributed by atoms with Gasteiger partial charge in [0.15, 0.2) is 0 Å². The number of nitrogens with zero attached hydrogens (tertiary/aromatic N) is 1. The number of quaternary nitrogens is 1. The first-order valence-electron chi connectivity index (χ1n) is 11.3. The maximum Gasteiger partial charge on any atom is 0.105 e. The number of carboxylic acids is 1. The number of aliphatic hydroxyl groups is 1. The molecule has 0 fully saturated rings. The molecule has 1 N–H and O–H groups in total. The fourth-order valence-electron chi connectivity index (χ4n) is 3.96. The summed E-state index contributed by atoms with van der Waals surface area (Å²) >= 11 is 0. The van der Waals surface area contributed by atoms with Crippen LogP contribution in [0.4, 0.5) is 0 Å². The average molecular weight is 384 g/mol. The molecule has 0 bridgehead atoms. The molecule has 2 atom stereocenters. The lowest BCUT2D eigenvalue weighted by Gasteiger charge is -2.43. The van der Waals surface area contributed by atoms with Gasteiger partial charge in [-0.25, -0.2) is 0 Å². The average Bonchev–Trinajstić information content (AvgIpc) is 2.63. The Kier molecular flexibility index (Phi) is 15.6. The number of aliphatic hydroxyl groups excluding tert-OH is 1. The van der Waals surface area contributed by atoms with Crippen LogP contribution in [-0.2, 0) is 4.79 Å². The highest BCUT2D eigenvalue weighted by molar-refractivity contribution is 5.67. The van der Waals surface area contributed by atoms with E-state index in [9.17, 15) is 15.0 Å². The van der Waals surface area contributed by atoms with Gasteiger partial charge in [-0.3, -0.25) is 0 Å². The second-order valence-electron chi connectivity index (χ2n) is 8.15. The van der Waals surface area contributed by atoms with Crippen LogP contribution >= 0.6 is 0 Å². The summed E-state index contributed by atoms with van der Waals surface area (Å²) in [6.07, 6.45) is 14.0. The summed E-state index contributed by atoms with van der Waals surface area (Å²) in [5.74, 6) is -1.36. The Balaban J connectivity index is 5.21. The minimum Gasteiger partial charge on any atom is -0.550 e. The minimum absolute atomic E-state index is 0.363. The maximum atomic E-state index is 11.6. The number of aliphatic carboxylic acids is 1. The zero-order valence-corrected chi connectivity index (χ0v) is 18.4. The number of rotatable bonds is 18. The molecule has 0 aliphatic rings. The van der Waals surface area contributed by atoms with Gasteiger partial charge < -0.3 is 19.5 Å². The molecule has 2 unspecified atom stereocenters. The fourth-order valence-corrected chi connectivity index (χ4v) is 3.96. The van der Waals surface area contributed by atoms with Gasteiger partial charge in [0, 0.05) is 5.92 Å². The standard InChI is InChI=1S/C23H45NO3/c1-5-9-12-13-16-22(25)20-24(17-14-10-6-2,18-15-11-7-3)19-21(8-4)23(26)27/h5,9,21-22,25H,6-8,10-20H2,1-4H3/b9-5+. The predicted molar refractivity (Wildman–Crippen MR) is 112 cm³/mol. The Morgan fingerprint density at radius 3 is 2.04 bits per heavy atom. The van der Waals surface area contributed by atoms with Crippen LogP contribution in [0.2, 0.25) is 0 Å². The van der Waals surface area contributed by atoms with Gasteiger partial charge in [0.25, 0.3) is 0 Å². The van der Waals surface area contributed by atoms with Crippen molar-refractivity contribution >= 4 is 5.97 Å². The van der Waals surface area contributed by atoms with Gasteiger partial charge in [0.1, 0.15) is 12.6 Å². The summed E-state index contributed by atoms with van der Waals surface area (Å²) in [5, 5.41) is 22.3. The molecule has 0 aromatic carbocycles. The van der Waals surface area contributed by atoms with E-state index in [2.05, 4.69) is 19.9 Å². The molecule has 0 aromatic rings. The van der Waals surface area contributed by atoms with E-state index in [1.165, 1.54) is 0 Å². The summed E-state index contributed by atoms with van der Waals surface area (Å²) in [6, 6.07) is 0. The van der Waals surface area contributed by atoms with Gasteiger partial charge in [-0.05, 0) is 58.3 Å². The fraction of sp³-hybridized carbons (Fsp3) is 0.870. The Bertz CT molecular complexity index is 385. The van der Waals surface area contributed by atoms with Gasteiger partial charge in [0.2, 0.25) is 0 Å². The minimum atomic E-state index is -0.937. The first-order chi connectivity index (χ1) is 12.9. The quantitative estimate of drug-likeness (QED) is 0.220. The summed E-state index contributed by atoms with van der Waals surface area (Å²) in [4.78, 5) is 11.6. The Labute approximate surface area is 168 Å². The van der Waals surface area contributed by atoms with E-state index < -0.39 is 11.9 Å². The van der Waals surface area contributed by atoms with Crippen molar-refractivity contribution in [3.63, 3.8) is 0 Å². The molecule has 0 saturated heterocycles. The molecular weight excluding hydrogens is 338 g/mol. The van der Waals surface area contributed by atoms with Crippen molar-refractivity contribution in [2.75, 3.05) is 26.2 Å². The van der Waals surface area contributed by atoms with E-state index in [1.807, 2.05) is 19.9 Å². The van der Waals surface area contributed by atoms with Crippen molar-refractivity contribution in [3.8, 4) is 0 Å². The Hall–Kier alpha value is -0.870. The van der Waals surface area contributed by atoms with E-state index in [1.54, 1.807) is 0 Å². The van der Waals surface area contributed by atoms with Crippen molar-refractivity contribution in [2.45, 2.75) is 98.0 Å². The Morgan fingerprint density at radius 1 is 1.00 bits per heavy atom. The molecule has 0 aliphatic carbocycles. The molecule has 27 heavy (non-hydrogen) atoms. The molecule has 0 spiro atoms. The second-order valence-corrected chi connectivity index (χ2v) is 8.15. The topological polar surface area (TPSA) is 60.4 Å². The molecule has 0 heterocycles. The Morgan fingerprint density at radius 2 is 1.59 bits per heavy atom. The molecular formula is C23H45NO3. The highest BCUT2D eigenvalue weighted by atomic mass is 16.4. The molecule has 0 aromatic heterocycles. The predicted octanol–water partition coefficient (Wildman–Crippen LogP) is 4.07. The number of hydrogen-bond acceptors (Lipinski definition) is 3. The third-order valence-corrected chi connectivity index (χ3v) is 5.65. The molecule has 4 nitrogen and oxygen atoms in total.